The van der Waals surface area contributed by atoms with Crippen LogP contribution in [0.15, 0.2) is 34.1 Å². The minimum absolute atomic E-state index is 0.117. The number of carbonyl (C=O) groups is 1. The maximum atomic E-state index is 11.8. The Bertz CT molecular complexity index is 585. The molecule has 0 aliphatic rings. The van der Waals surface area contributed by atoms with Crippen LogP contribution in [0.5, 0.6) is 0 Å². The number of nitrogens with one attached hydrogen (secondary N) is 1. The smallest absolute Gasteiger partial charge is 0.229 e. The molecule has 0 fully saturated rings. The molecule has 1 amide bonds. The van der Waals surface area contributed by atoms with Crippen molar-refractivity contribution < 1.29 is 4.79 Å². The Morgan fingerprint density at radius 1 is 1.28 bits per heavy atom. The molecule has 0 bridgehead atoms. The maximum absolute atomic E-state index is 11.8. The lowest BCUT2D eigenvalue weighted by Crippen LogP contribution is -2.13. The average Bonchev–Trinajstić information content (AvgIpc) is 2.69. The van der Waals surface area contributed by atoms with Crippen molar-refractivity contribution in [1.29, 1.82) is 0 Å². The minimum Gasteiger partial charge on any atom is -0.324 e. The molecule has 2 rings (SSSR count). The van der Waals surface area contributed by atoms with Crippen LogP contribution >= 0.6 is 50.5 Å². The second kappa shape index (κ2) is 6.06. The van der Waals surface area contributed by atoms with E-state index in [9.17, 15) is 4.79 Å². The van der Waals surface area contributed by atoms with Crippen molar-refractivity contribution in [2.24, 2.45) is 0 Å². The van der Waals surface area contributed by atoms with Crippen molar-refractivity contribution in [1.82, 2.24) is 0 Å². The molecule has 1 aromatic heterocycles. The third kappa shape index (κ3) is 3.72. The minimum atomic E-state index is -0.117. The number of carbonyl (C=O) groups excluding carboxylic acids is 1. The van der Waals surface area contributed by atoms with Crippen molar-refractivity contribution in [3.05, 3.63) is 49.0 Å². The van der Waals surface area contributed by atoms with Gasteiger partial charge in [0, 0.05) is 9.90 Å². The Morgan fingerprint density at radius 2 is 2.06 bits per heavy atom. The van der Waals surface area contributed by atoms with Crippen molar-refractivity contribution in [2.45, 2.75) is 6.42 Å². The van der Waals surface area contributed by atoms with E-state index in [-0.39, 0.29) is 5.91 Å². The van der Waals surface area contributed by atoms with E-state index in [1.54, 1.807) is 18.2 Å². The lowest BCUT2D eigenvalue weighted by atomic mass is 10.3. The van der Waals surface area contributed by atoms with Crippen LogP contribution < -0.4 is 5.32 Å². The van der Waals surface area contributed by atoms with Crippen molar-refractivity contribution in [2.75, 3.05) is 5.32 Å². The number of hydrogen-bond acceptors (Lipinski definition) is 2. The normalized spacial score (nSPS) is 10.4. The summed E-state index contributed by atoms with van der Waals surface area (Å²) in [5.74, 6) is -0.117. The number of rotatable bonds is 3. The van der Waals surface area contributed by atoms with E-state index in [2.05, 4.69) is 21.2 Å². The fourth-order valence-corrected chi connectivity index (χ4v) is 3.21. The monoisotopic (exact) mass is 363 g/mol. The third-order valence-corrected chi connectivity index (χ3v) is 4.35. The molecule has 1 aromatic carbocycles. The van der Waals surface area contributed by atoms with Crippen LogP contribution in [0.1, 0.15) is 4.88 Å². The molecule has 1 N–H and O–H groups in total. The van der Waals surface area contributed by atoms with Gasteiger partial charge in [0.2, 0.25) is 5.91 Å². The van der Waals surface area contributed by atoms with E-state index in [1.807, 2.05) is 12.1 Å². The highest BCUT2D eigenvalue weighted by Gasteiger charge is 2.09. The van der Waals surface area contributed by atoms with Gasteiger partial charge in [-0.1, -0.05) is 23.2 Å². The lowest BCUT2D eigenvalue weighted by molar-refractivity contribution is -0.115. The molecule has 0 aliphatic heterocycles. The summed E-state index contributed by atoms with van der Waals surface area (Å²) in [6.45, 7) is 0. The van der Waals surface area contributed by atoms with E-state index < -0.39 is 0 Å². The van der Waals surface area contributed by atoms with Gasteiger partial charge in [-0.2, -0.15) is 0 Å². The highest BCUT2D eigenvalue weighted by atomic mass is 79.9. The zero-order chi connectivity index (χ0) is 13.1. The first-order chi connectivity index (χ1) is 8.54. The number of anilines is 1. The van der Waals surface area contributed by atoms with Crippen LogP contribution in [0.2, 0.25) is 10.0 Å². The number of benzene rings is 1. The van der Waals surface area contributed by atoms with Gasteiger partial charge in [0.25, 0.3) is 0 Å². The summed E-state index contributed by atoms with van der Waals surface area (Å²) in [6, 6.07) is 8.79. The molecule has 94 valence electrons. The summed E-state index contributed by atoms with van der Waals surface area (Å²) in [5, 5.41) is 3.75. The largest absolute Gasteiger partial charge is 0.324 e. The molecular weight excluding hydrogens is 357 g/mol. The van der Waals surface area contributed by atoms with E-state index in [0.717, 1.165) is 8.66 Å². The van der Waals surface area contributed by atoms with Gasteiger partial charge >= 0.3 is 0 Å². The van der Waals surface area contributed by atoms with Crippen LogP contribution in [0.3, 0.4) is 0 Å². The predicted molar refractivity (Wildman–Crippen MR) is 80.8 cm³/mol. The summed E-state index contributed by atoms with van der Waals surface area (Å²) in [5.41, 5.74) is 0.532. The third-order valence-electron chi connectivity index (χ3n) is 2.17. The second-order valence-corrected chi connectivity index (χ2v) is 6.95. The van der Waals surface area contributed by atoms with Gasteiger partial charge in [-0.15, -0.1) is 11.3 Å². The van der Waals surface area contributed by atoms with E-state index in [1.165, 1.54) is 11.3 Å². The summed E-state index contributed by atoms with van der Waals surface area (Å²) in [6.07, 6.45) is 0.319. The van der Waals surface area contributed by atoms with Crippen molar-refractivity contribution in [3.63, 3.8) is 0 Å². The quantitative estimate of drug-likeness (QED) is 0.815. The first-order valence-electron chi connectivity index (χ1n) is 5.04. The van der Waals surface area contributed by atoms with Gasteiger partial charge < -0.3 is 5.32 Å². The Morgan fingerprint density at radius 3 is 2.72 bits per heavy atom. The Kier molecular flexibility index (Phi) is 4.67. The summed E-state index contributed by atoms with van der Waals surface area (Å²) in [7, 11) is 0. The zero-order valence-corrected chi connectivity index (χ0v) is 13.0. The van der Waals surface area contributed by atoms with Crippen LogP contribution in [-0.4, -0.2) is 5.91 Å². The number of halogens is 3. The first-order valence-corrected chi connectivity index (χ1v) is 7.40. The molecular formula is C12H8BrCl2NOS. The summed E-state index contributed by atoms with van der Waals surface area (Å²) < 4.78 is 1.01. The van der Waals surface area contributed by atoms with Crippen LogP contribution in [0, 0.1) is 0 Å². The Labute approximate surface area is 127 Å². The van der Waals surface area contributed by atoms with E-state index >= 15 is 0 Å². The molecule has 0 atom stereocenters. The second-order valence-electron chi connectivity index (χ2n) is 3.55. The number of amides is 1. The van der Waals surface area contributed by atoms with Crippen LogP contribution in [0.25, 0.3) is 0 Å². The lowest BCUT2D eigenvalue weighted by Gasteiger charge is -2.06. The van der Waals surface area contributed by atoms with E-state index in [4.69, 9.17) is 23.2 Å². The van der Waals surface area contributed by atoms with Crippen molar-refractivity contribution >= 4 is 62.1 Å². The van der Waals surface area contributed by atoms with Crippen molar-refractivity contribution in [3.8, 4) is 0 Å². The molecule has 6 heteroatoms. The number of thiophene rings is 1. The molecule has 0 radical (unpaired) electrons. The summed E-state index contributed by atoms with van der Waals surface area (Å²) in [4.78, 5) is 12.8. The highest BCUT2D eigenvalue weighted by Crippen LogP contribution is 2.26. The zero-order valence-electron chi connectivity index (χ0n) is 9.04. The molecule has 1 heterocycles. The molecule has 2 aromatic rings. The fraction of sp³-hybridized carbons (Fsp3) is 0.0833. The standard InChI is InChI=1S/C12H8BrCl2NOS/c13-11-4-2-8(18-11)6-12(17)16-10-5-7(14)1-3-9(10)15/h1-5H,6H2,(H,16,17). The van der Waals surface area contributed by atoms with Crippen LogP contribution in [-0.2, 0) is 11.2 Å². The molecule has 0 saturated carbocycles. The molecule has 18 heavy (non-hydrogen) atoms. The van der Waals surface area contributed by atoms with Gasteiger partial charge in [0.1, 0.15) is 0 Å². The topological polar surface area (TPSA) is 29.1 Å². The predicted octanol–water partition coefficient (Wildman–Crippen LogP) is 5.00. The SMILES string of the molecule is O=C(Cc1ccc(Br)s1)Nc1cc(Cl)ccc1Cl. The van der Waals surface area contributed by atoms with E-state index in [0.29, 0.717) is 22.2 Å². The molecule has 0 saturated heterocycles. The number of hydrogen-bond donors (Lipinski definition) is 1. The molecule has 0 unspecified atom stereocenters. The fourth-order valence-electron chi connectivity index (χ4n) is 1.39. The Hall–Kier alpha value is -0.550. The van der Waals surface area contributed by atoms with Gasteiger partial charge in [-0.25, -0.2) is 0 Å². The molecule has 0 aliphatic carbocycles. The molecule has 2 nitrogen and oxygen atoms in total. The summed E-state index contributed by atoms with van der Waals surface area (Å²) >= 11 is 16.7. The highest BCUT2D eigenvalue weighted by molar-refractivity contribution is 9.11. The van der Waals surface area contributed by atoms with Crippen LogP contribution in [0.4, 0.5) is 5.69 Å². The van der Waals surface area contributed by atoms with Gasteiger partial charge in [0.15, 0.2) is 0 Å². The maximum Gasteiger partial charge on any atom is 0.229 e. The molecule has 0 spiro atoms. The average molecular weight is 365 g/mol. The first kappa shape index (κ1) is 13.9. The van der Waals surface area contributed by atoms with Gasteiger partial charge in [-0.05, 0) is 46.3 Å². The van der Waals surface area contributed by atoms with Gasteiger partial charge in [-0.3, -0.25) is 4.79 Å². The Balaban J connectivity index is 2.05. The van der Waals surface area contributed by atoms with Gasteiger partial charge in [0.05, 0.1) is 20.9 Å².